The van der Waals surface area contributed by atoms with Crippen molar-refractivity contribution in [2.75, 3.05) is 30.3 Å². The summed E-state index contributed by atoms with van der Waals surface area (Å²) >= 11 is 1.46. The van der Waals surface area contributed by atoms with Gasteiger partial charge in [-0.25, -0.2) is 0 Å². The van der Waals surface area contributed by atoms with Crippen molar-refractivity contribution in [1.82, 2.24) is 20.1 Å². The van der Waals surface area contributed by atoms with Gasteiger partial charge in [0, 0.05) is 19.7 Å². The van der Waals surface area contributed by atoms with Crippen molar-refractivity contribution >= 4 is 34.4 Å². The summed E-state index contributed by atoms with van der Waals surface area (Å²) in [5.74, 6) is 1.97. The zero-order chi connectivity index (χ0) is 24.2. The van der Waals surface area contributed by atoms with Crippen LogP contribution in [0.25, 0.3) is 10.8 Å². The Hall–Kier alpha value is -2.58. The van der Waals surface area contributed by atoms with Crippen molar-refractivity contribution in [2.45, 2.75) is 63.4 Å². The highest BCUT2D eigenvalue weighted by atomic mass is 32.2. The van der Waals surface area contributed by atoms with E-state index in [1.807, 2.05) is 25.1 Å². The third-order valence-electron chi connectivity index (χ3n) is 7.17. The molecule has 7 nitrogen and oxygen atoms in total. The Kier molecular flexibility index (Phi) is 7.58. The topological polar surface area (TPSA) is 72.3 Å². The summed E-state index contributed by atoms with van der Waals surface area (Å²) in [6, 6.07) is 14.4. The molecule has 0 radical (unpaired) electrons. The molecule has 35 heavy (non-hydrogen) atoms. The molecule has 8 heteroatoms. The second-order valence-electron chi connectivity index (χ2n) is 9.84. The molecule has 2 aliphatic rings. The SMILES string of the molecule is CC1CCN(c2nnc(SCC(=O)N[C@@H](C)c3cccc4ccccc34)n2C[C@H]2CCCO2)CC1. The summed E-state index contributed by atoms with van der Waals surface area (Å²) in [7, 11) is 0. The molecule has 1 N–H and O–H groups in total. The van der Waals surface area contributed by atoms with E-state index in [0.29, 0.717) is 5.75 Å². The number of amides is 1. The van der Waals surface area contributed by atoms with Gasteiger partial charge in [0.2, 0.25) is 11.9 Å². The standard InChI is InChI=1S/C27H35N5O2S/c1-19-12-14-31(15-13-19)26-29-30-27(32(26)17-22-9-6-16-34-22)35-18-25(33)28-20(2)23-11-5-8-21-7-3-4-10-24(21)23/h3-5,7-8,10-11,19-20,22H,6,9,12-18H2,1-2H3,(H,28,33)/t20-,22+/m0/s1. The van der Waals surface area contributed by atoms with Crippen LogP contribution in [0.5, 0.6) is 0 Å². The van der Waals surface area contributed by atoms with E-state index < -0.39 is 0 Å². The maximum atomic E-state index is 12.9. The highest BCUT2D eigenvalue weighted by Gasteiger charge is 2.26. The van der Waals surface area contributed by atoms with Crippen molar-refractivity contribution < 1.29 is 9.53 Å². The molecule has 2 fully saturated rings. The maximum absolute atomic E-state index is 12.9. The fraction of sp³-hybridized carbons (Fsp3) is 0.519. The van der Waals surface area contributed by atoms with Gasteiger partial charge in [-0.2, -0.15) is 0 Å². The van der Waals surface area contributed by atoms with E-state index in [4.69, 9.17) is 4.74 Å². The predicted molar refractivity (Wildman–Crippen MR) is 141 cm³/mol. The molecule has 0 spiro atoms. The molecule has 1 aromatic heterocycles. The van der Waals surface area contributed by atoms with Crippen LogP contribution < -0.4 is 10.2 Å². The van der Waals surface area contributed by atoms with Gasteiger partial charge in [-0.1, -0.05) is 61.2 Å². The average Bonchev–Trinajstić information content (AvgIpc) is 3.53. The summed E-state index contributed by atoms with van der Waals surface area (Å²) in [5, 5.41) is 15.4. The third kappa shape index (κ3) is 5.64. The van der Waals surface area contributed by atoms with Crippen LogP contribution in [-0.2, 0) is 16.1 Å². The fourth-order valence-corrected chi connectivity index (χ4v) is 5.86. The first-order chi connectivity index (χ1) is 17.1. The first-order valence-corrected chi connectivity index (χ1v) is 13.8. The van der Waals surface area contributed by atoms with E-state index in [-0.39, 0.29) is 18.1 Å². The monoisotopic (exact) mass is 493 g/mol. The minimum Gasteiger partial charge on any atom is -0.376 e. The van der Waals surface area contributed by atoms with Gasteiger partial charge in [-0.3, -0.25) is 9.36 Å². The largest absolute Gasteiger partial charge is 0.376 e. The van der Waals surface area contributed by atoms with Crippen molar-refractivity contribution in [3.63, 3.8) is 0 Å². The second-order valence-corrected chi connectivity index (χ2v) is 10.8. The average molecular weight is 494 g/mol. The van der Waals surface area contributed by atoms with Gasteiger partial charge in [-0.05, 0) is 54.9 Å². The summed E-state index contributed by atoms with van der Waals surface area (Å²) in [5.41, 5.74) is 1.13. The number of aromatic nitrogens is 3. The molecule has 0 saturated carbocycles. The number of piperidine rings is 1. The third-order valence-corrected chi connectivity index (χ3v) is 8.14. The summed E-state index contributed by atoms with van der Waals surface area (Å²) in [6.45, 7) is 7.91. The van der Waals surface area contributed by atoms with Crippen molar-refractivity contribution in [3.05, 3.63) is 48.0 Å². The molecule has 2 saturated heterocycles. The van der Waals surface area contributed by atoms with E-state index in [2.05, 4.69) is 56.2 Å². The lowest BCUT2D eigenvalue weighted by Crippen LogP contribution is -2.35. The molecule has 0 bridgehead atoms. The van der Waals surface area contributed by atoms with Crippen LogP contribution in [0.15, 0.2) is 47.6 Å². The predicted octanol–water partition coefficient (Wildman–Crippen LogP) is 4.82. The minimum atomic E-state index is -0.0788. The molecular weight excluding hydrogens is 458 g/mol. The minimum absolute atomic E-state index is 0.00421. The fourth-order valence-electron chi connectivity index (χ4n) is 5.10. The van der Waals surface area contributed by atoms with Gasteiger partial charge in [0.05, 0.1) is 24.4 Å². The summed E-state index contributed by atoms with van der Waals surface area (Å²) in [4.78, 5) is 15.3. The number of ether oxygens (including phenoxy) is 1. The molecule has 0 unspecified atom stereocenters. The van der Waals surface area contributed by atoms with Crippen LogP contribution >= 0.6 is 11.8 Å². The number of hydrogen-bond acceptors (Lipinski definition) is 6. The Balaban J connectivity index is 1.26. The lowest BCUT2D eigenvalue weighted by atomic mass is 10.00. The Morgan fingerprint density at radius 1 is 1.14 bits per heavy atom. The van der Waals surface area contributed by atoms with Crippen LogP contribution in [-0.4, -0.2) is 52.2 Å². The van der Waals surface area contributed by atoms with Crippen molar-refractivity contribution in [1.29, 1.82) is 0 Å². The smallest absolute Gasteiger partial charge is 0.230 e. The number of carbonyl (C=O) groups is 1. The van der Waals surface area contributed by atoms with E-state index in [0.717, 1.165) is 61.7 Å². The van der Waals surface area contributed by atoms with Crippen molar-refractivity contribution in [2.24, 2.45) is 5.92 Å². The van der Waals surface area contributed by atoms with Crippen LogP contribution in [0, 0.1) is 5.92 Å². The van der Waals surface area contributed by atoms with E-state index in [1.54, 1.807) is 0 Å². The highest BCUT2D eigenvalue weighted by molar-refractivity contribution is 7.99. The molecule has 5 rings (SSSR count). The zero-order valence-corrected chi connectivity index (χ0v) is 21.5. The van der Waals surface area contributed by atoms with Crippen LogP contribution in [0.4, 0.5) is 5.95 Å². The van der Waals surface area contributed by atoms with Crippen molar-refractivity contribution in [3.8, 4) is 0 Å². The molecule has 3 heterocycles. The molecular formula is C27H35N5O2S. The Labute approximate surface area is 211 Å². The first kappa shape index (κ1) is 24.1. The Morgan fingerprint density at radius 3 is 2.74 bits per heavy atom. The van der Waals surface area contributed by atoms with Crippen LogP contribution in [0.2, 0.25) is 0 Å². The van der Waals surface area contributed by atoms with Gasteiger partial charge in [0.15, 0.2) is 5.16 Å². The number of hydrogen-bond donors (Lipinski definition) is 1. The lowest BCUT2D eigenvalue weighted by molar-refractivity contribution is -0.119. The normalized spacial score (nSPS) is 19.8. The van der Waals surface area contributed by atoms with E-state index >= 15 is 0 Å². The van der Waals surface area contributed by atoms with Gasteiger partial charge >= 0.3 is 0 Å². The summed E-state index contributed by atoms with van der Waals surface area (Å²) in [6.07, 6.45) is 4.68. The van der Waals surface area contributed by atoms with Crippen LogP contribution in [0.3, 0.4) is 0 Å². The second kappa shape index (κ2) is 11.0. The van der Waals surface area contributed by atoms with E-state index in [9.17, 15) is 4.79 Å². The number of rotatable bonds is 8. The number of carbonyl (C=O) groups excluding carboxylic acids is 1. The number of nitrogens with zero attached hydrogens (tertiary/aromatic N) is 4. The maximum Gasteiger partial charge on any atom is 0.230 e. The first-order valence-electron chi connectivity index (χ1n) is 12.8. The molecule has 2 atom stereocenters. The van der Waals surface area contributed by atoms with E-state index in [1.165, 1.54) is 35.4 Å². The number of thioether (sulfide) groups is 1. The molecule has 2 aliphatic heterocycles. The number of fused-ring (bicyclic) bond motifs is 1. The number of benzene rings is 2. The Morgan fingerprint density at radius 2 is 1.94 bits per heavy atom. The van der Waals surface area contributed by atoms with Gasteiger partial charge in [0.25, 0.3) is 0 Å². The van der Waals surface area contributed by atoms with Gasteiger partial charge < -0.3 is 15.0 Å². The molecule has 186 valence electrons. The van der Waals surface area contributed by atoms with Crippen LogP contribution in [0.1, 0.15) is 51.1 Å². The molecule has 0 aliphatic carbocycles. The molecule has 1 amide bonds. The molecule has 2 aromatic carbocycles. The Bertz CT molecular complexity index is 1150. The molecule has 3 aromatic rings. The highest BCUT2D eigenvalue weighted by Crippen LogP contribution is 2.29. The van der Waals surface area contributed by atoms with Gasteiger partial charge in [-0.15, -0.1) is 10.2 Å². The lowest BCUT2D eigenvalue weighted by Gasteiger charge is -2.31. The van der Waals surface area contributed by atoms with Gasteiger partial charge in [0.1, 0.15) is 0 Å². The quantitative estimate of drug-likeness (QED) is 0.454. The zero-order valence-electron chi connectivity index (χ0n) is 20.7. The number of nitrogens with one attached hydrogen (secondary N) is 1. The number of anilines is 1. The summed E-state index contributed by atoms with van der Waals surface area (Å²) < 4.78 is 8.10.